The number of rotatable bonds is 7. The van der Waals surface area contributed by atoms with Crippen LogP contribution in [0.5, 0.6) is 0 Å². The third-order valence-electron chi connectivity index (χ3n) is 6.46. The van der Waals surface area contributed by atoms with E-state index >= 15 is 0 Å². The van der Waals surface area contributed by atoms with E-state index in [9.17, 15) is 9.59 Å². The fourth-order valence-electron chi connectivity index (χ4n) is 4.71. The lowest BCUT2D eigenvalue weighted by molar-refractivity contribution is -0.147. The maximum absolute atomic E-state index is 13.4. The molecule has 174 valence electrons. The van der Waals surface area contributed by atoms with Crippen molar-refractivity contribution in [1.82, 2.24) is 4.90 Å². The molecular weight excluding hydrogens is 426 g/mol. The fourth-order valence-corrected chi connectivity index (χ4v) is 4.71. The average molecular weight is 456 g/mol. The van der Waals surface area contributed by atoms with Gasteiger partial charge in [-0.15, -0.1) is 0 Å². The molecule has 0 aromatic heterocycles. The number of ether oxygens (including phenoxy) is 1. The zero-order valence-electron chi connectivity index (χ0n) is 19.2. The molecule has 4 rings (SSSR count). The SMILES string of the molecule is COC(=O)[C@H](Cc1cccc(C(=N)N)c1)[C@H]1CCCN1C(=O)c1ccc(-c2ccccc2)cc1. The normalized spacial score (nSPS) is 16.1. The van der Waals surface area contributed by atoms with E-state index in [0.29, 0.717) is 24.1 Å². The predicted octanol–water partition coefficient (Wildman–Crippen LogP) is 4.27. The lowest BCUT2D eigenvalue weighted by Gasteiger charge is -2.30. The van der Waals surface area contributed by atoms with Crippen LogP contribution in [0.15, 0.2) is 78.9 Å². The molecule has 0 spiro atoms. The number of nitrogens with zero attached hydrogens (tertiary/aromatic N) is 1. The first-order chi connectivity index (χ1) is 16.5. The molecule has 3 N–H and O–H groups in total. The number of amides is 1. The minimum Gasteiger partial charge on any atom is -0.469 e. The third-order valence-corrected chi connectivity index (χ3v) is 6.46. The molecule has 0 bridgehead atoms. The van der Waals surface area contributed by atoms with E-state index in [4.69, 9.17) is 15.9 Å². The van der Waals surface area contributed by atoms with Crippen molar-refractivity contribution < 1.29 is 14.3 Å². The summed E-state index contributed by atoms with van der Waals surface area (Å²) in [7, 11) is 1.38. The number of hydrogen-bond donors (Lipinski definition) is 2. The van der Waals surface area contributed by atoms with Crippen molar-refractivity contribution in [2.24, 2.45) is 11.7 Å². The minimum atomic E-state index is -0.498. The predicted molar refractivity (Wildman–Crippen MR) is 133 cm³/mol. The van der Waals surface area contributed by atoms with Crippen LogP contribution < -0.4 is 5.73 Å². The van der Waals surface area contributed by atoms with Crippen molar-refractivity contribution in [3.05, 3.63) is 95.6 Å². The molecule has 0 unspecified atom stereocenters. The second-order valence-electron chi connectivity index (χ2n) is 8.60. The van der Waals surface area contributed by atoms with E-state index in [2.05, 4.69) is 0 Å². The standard InChI is InChI=1S/C28H29N3O3/c1-34-28(33)24(18-19-7-5-10-23(17-19)26(29)30)25-11-6-16-31(25)27(32)22-14-12-21(13-15-22)20-8-3-2-4-9-20/h2-5,7-10,12-15,17,24-25H,6,11,16,18H2,1H3,(H3,29,30)/t24-,25-/m1/s1. The Kier molecular flexibility index (Phi) is 7.07. The maximum atomic E-state index is 13.4. The quantitative estimate of drug-likeness (QED) is 0.316. The molecule has 1 fully saturated rings. The van der Waals surface area contributed by atoms with Crippen LogP contribution in [0.3, 0.4) is 0 Å². The number of nitrogens with one attached hydrogen (secondary N) is 1. The van der Waals surface area contributed by atoms with Crippen LogP contribution in [-0.2, 0) is 16.0 Å². The van der Waals surface area contributed by atoms with Gasteiger partial charge in [0.2, 0.25) is 0 Å². The smallest absolute Gasteiger partial charge is 0.311 e. The molecule has 1 heterocycles. The number of esters is 1. The van der Waals surface area contributed by atoms with Gasteiger partial charge < -0.3 is 15.4 Å². The van der Waals surface area contributed by atoms with Gasteiger partial charge in [-0.1, -0.05) is 60.7 Å². The minimum absolute atomic E-state index is 0.0203. The molecule has 34 heavy (non-hydrogen) atoms. The van der Waals surface area contributed by atoms with Gasteiger partial charge in [-0.3, -0.25) is 15.0 Å². The molecule has 6 heteroatoms. The number of methoxy groups -OCH3 is 1. The van der Waals surface area contributed by atoms with Crippen LogP contribution in [0, 0.1) is 11.3 Å². The number of amidine groups is 1. The second kappa shape index (κ2) is 10.3. The summed E-state index contributed by atoms with van der Waals surface area (Å²) in [6, 6.07) is 24.7. The Morgan fingerprint density at radius 1 is 1.00 bits per heavy atom. The van der Waals surface area contributed by atoms with Crippen molar-refractivity contribution >= 4 is 17.7 Å². The Morgan fingerprint density at radius 3 is 2.38 bits per heavy atom. The lowest BCUT2D eigenvalue weighted by Crippen LogP contribution is -2.44. The van der Waals surface area contributed by atoms with Crippen LogP contribution in [0.25, 0.3) is 11.1 Å². The first-order valence-electron chi connectivity index (χ1n) is 11.5. The molecule has 1 amide bonds. The first kappa shape index (κ1) is 23.2. The van der Waals surface area contributed by atoms with Crippen LogP contribution in [-0.4, -0.2) is 42.3 Å². The molecular formula is C28H29N3O3. The Balaban J connectivity index is 1.56. The van der Waals surface area contributed by atoms with Gasteiger partial charge in [0.1, 0.15) is 5.84 Å². The lowest BCUT2D eigenvalue weighted by atomic mass is 9.89. The first-order valence-corrected chi connectivity index (χ1v) is 11.5. The zero-order chi connectivity index (χ0) is 24.1. The molecule has 1 aliphatic rings. The molecule has 1 saturated heterocycles. The number of carbonyl (C=O) groups excluding carboxylic acids is 2. The number of nitrogen functional groups attached to an aromatic ring is 1. The maximum Gasteiger partial charge on any atom is 0.311 e. The van der Waals surface area contributed by atoms with Crippen molar-refractivity contribution in [2.45, 2.75) is 25.3 Å². The van der Waals surface area contributed by atoms with Crippen LogP contribution in [0.1, 0.15) is 34.3 Å². The van der Waals surface area contributed by atoms with Crippen molar-refractivity contribution in [2.75, 3.05) is 13.7 Å². The Bertz CT molecular complexity index is 1180. The highest BCUT2D eigenvalue weighted by Gasteiger charge is 2.39. The third kappa shape index (κ3) is 5.01. The van der Waals surface area contributed by atoms with Crippen molar-refractivity contribution in [1.29, 1.82) is 5.41 Å². The van der Waals surface area contributed by atoms with Crippen molar-refractivity contribution in [3.8, 4) is 11.1 Å². The number of carbonyl (C=O) groups is 2. The number of benzene rings is 3. The highest BCUT2D eigenvalue weighted by molar-refractivity contribution is 5.96. The molecule has 3 aromatic rings. The molecule has 0 saturated carbocycles. The van der Waals surface area contributed by atoms with Gasteiger partial charge in [0.15, 0.2) is 0 Å². The van der Waals surface area contributed by atoms with Gasteiger partial charge in [-0.25, -0.2) is 0 Å². The summed E-state index contributed by atoms with van der Waals surface area (Å²) in [6.45, 7) is 0.602. The largest absolute Gasteiger partial charge is 0.469 e. The summed E-state index contributed by atoms with van der Waals surface area (Å²) in [6.07, 6.45) is 1.98. The Morgan fingerprint density at radius 2 is 1.71 bits per heavy atom. The van der Waals surface area contributed by atoms with E-state index in [1.54, 1.807) is 6.07 Å². The average Bonchev–Trinajstić information content (AvgIpc) is 3.37. The van der Waals surface area contributed by atoms with Gasteiger partial charge in [-0.2, -0.15) is 0 Å². The van der Waals surface area contributed by atoms with E-state index < -0.39 is 5.92 Å². The summed E-state index contributed by atoms with van der Waals surface area (Å²) in [5.41, 5.74) is 9.88. The summed E-state index contributed by atoms with van der Waals surface area (Å²) < 4.78 is 5.13. The van der Waals surface area contributed by atoms with E-state index in [1.165, 1.54) is 7.11 Å². The van der Waals surface area contributed by atoms with E-state index in [0.717, 1.165) is 29.5 Å². The van der Waals surface area contributed by atoms with Crippen LogP contribution in [0.4, 0.5) is 0 Å². The van der Waals surface area contributed by atoms with Gasteiger partial charge in [0.25, 0.3) is 5.91 Å². The van der Waals surface area contributed by atoms with Gasteiger partial charge in [-0.05, 0) is 54.2 Å². The highest BCUT2D eigenvalue weighted by atomic mass is 16.5. The number of likely N-dealkylation sites (tertiary alicyclic amines) is 1. The molecule has 0 aliphatic carbocycles. The molecule has 3 aromatic carbocycles. The molecule has 6 nitrogen and oxygen atoms in total. The molecule has 1 aliphatic heterocycles. The fraction of sp³-hybridized carbons (Fsp3) is 0.250. The summed E-state index contributed by atoms with van der Waals surface area (Å²) in [5, 5.41) is 7.69. The topological polar surface area (TPSA) is 96.5 Å². The molecule has 0 radical (unpaired) electrons. The Hall–Kier alpha value is -3.93. The van der Waals surface area contributed by atoms with Crippen LogP contribution >= 0.6 is 0 Å². The highest BCUT2D eigenvalue weighted by Crippen LogP contribution is 2.30. The molecule has 2 atom stereocenters. The number of nitrogens with two attached hydrogens (primary N) is 1. The number of hydrogen-bond acceptors (Lipinski definition) is 4. The van der Waals surface area contributed by atoms with Gasteiger partial charge in [0, 0.05) is 23.7 Å². The van der Waals surface area contributed by atoms with Gasteiger partial charge >= 0.3 is 5.97 Å². The van der Waals surface area contributed by atoms with E-state index in [-0.39, 0.29) is 23.8 Å². The summed E-state index contributed by atoms with van der Waals surface area (Å²) in [4.78, 5) is 28.1. The monoisotopic (exact) mass is 455 g/mol. The van der Waals surface area contributed by atoms with E-state index in [1.807, 2.05) is 77.7 Å². The Labute approximate surface area is 199 Å². The second-order valence-corrected chi connectivity index (χ2v) is 8.60. The summed E-state index contributed by atoms with van der Waals surface area (Å²) in [5.74, 6) is -0.929. The van der Waals surface area contributed by atoms with Gasteiger partial charge in [0.05, 0.1) is 13.0 Å². The van der Waals surface area contributed by atoms with Crippen LogP contribution in [0.2, 0.25) is 0 Å². The summed E-state index contributed by atoms with van der Waals surface area (Å²) >= 11 is 0. The zero-order valence-corrected chi connectivity index (χ0v) is 19.2. The van der Waals surface area contributed by atoms with Crippen molar-refractivity contribution in [3.63, 3.8) is 0 Å².